The SMILES string of the molecule is COC(=O)c1c(O)c2cc(C(C)C)sc2[nH]c1=O. The van der Waals surface area contributed by atoms with Gasteiger partial charge in [-0.3, -0.25) is 4.79 Å². The molecule has 5 nitrogen and oxygen atoms in total. The Kier molecular flexibility index (Phi) is 3.13. The van der Waals surface area contributed by atoms with Crippen molar-refractivity contribution in [2.45, 2.75) is 19.8 Å². The van der Waals surface area contributed by atoms with Crippen LogP contribution in [-0.2, 0) is 4.74 Å². The number of esters is 1. The minimum atomic E-state index is -0.840. The zero-order valence-corrected chi connectivity index (χ0v) is 11.1. The van der Waals surface area contributed by atoms with Crippen LogP contribution < -0.4 is 5.56 Å². The highest BCUT2D eigenvalue weighted by molar-refractivity contribution is 7.18. The molecule has 0 aliphatic rings. The topological polar surface area (TPSA) is 79.4 Å². The Bertz CT molecular complexity index is 669. The van der Waals surface area contributed by atoms with Crippen LogP contribution in [0.2, 0.25) is 0 Å². The van der Waals surface area contributed by atoms with Gasteiger partial charge in [-0.1, -0.05) is 13.8 Å². The summed E-state index contributed by atoms with van der Waals surface area (Å²) in [6, 6.07) is 1.78. The Morgan fingerprint density at radius 1 is 1.50 bits per heavy atom. The van der Waals surface area contributed by atoms with E-state index >= 15 is 0 Å². The quantitative estimate of drug-likeness (QED) is 0.817. The lowest BCUT2D eigenvalue weighted by Crippen LogP contribution is -2.18. The lowest BCUT2D eigenvalue weighted by molar-refractivity contribution is 0.0595. The lowest BCUT2D eigenvalue weighted by Gasteiger charge is -2.02. The third kappa shape index (κ3) is 1.88. The van der Waals surface area contributed by atoms with Crippen LogP contribution in [0.1, 0.15) is 35.0 Å². The van der Waals surface area contributed by atoms with Gasteiger partial charge in [0.25, 0.3) is 5.56 Å². The number of carbonyl (C=O) groups is 1. The number of carbonyl (C=O) groups excluding carboxylic acids is 1. The summed E-state index contributed by atoms with van der Waals surface area (Å²) in [5, 5.41) is 10.5. The predicted molar refractivity (Wildman–Crippen MR) is 69.5 cm³/mol. The highest BCUT2D eigenvalue weighted by Gasteiger charge is 2.21. The second kappa shape index (κ2) is 4.45. The van der Waals surface area contributed by atoms with E-state index in [0.29, 0.717) is 10.2 Å². The maximum absolute atomic E-state index is 11.7. The van der Waals surface area contributed by atoms with Crippen LogP contribution >= 0.6 is 11.3 Å². The van der Waals surface area contributed by atoms with Crippen LogP contribution in [0, 0.1) is 0 Å². The minimum absolute atomic E-state index is 0.284. The molecule has 2 heterocycles. The number of aromatic amines is 1. The largest absolute Gasteiger partial charge is 0.506 e. The van der Waals surface area contributed by atoms with Gasteiger partial charge in [0.05, 0.1) is 12.5 Å². The van der Waals surface area contributed by atoms with Gasteiger partial charge in [0, 0.05) is 4.88 Å². The number of hydrogen-bond donors (Lipinski definition) is 2. The van der Waals surface area contributed by atoms with E-state index in [4.69, 9.17) is 0 Å². The van der Waals surface area contributed by atoms with Crippen LogP contribution in [0.25, 0.3) is 10.2 Å². The summed E-state index contributed by atoms with van der Waals surface area (Å²) in [6.45, 7) is 4.03. The van der Waals surface area contributed by atoms with E-state index < -0.39 is 11.5 Å². The first-order valence-electron chi connectivity index (χ1n) is 5.42. The minimum Gasteiger partial charge on any atom is -0.506 e. The molecule has 0 saturated carbocycles. The van der Waals surface area contributed by atoms with Crippen molar-refractivity contribution in [1.82, 2.24) is 4.98 Å². The molecule has 0 unspecified atom stereocenters. The van der Waals surface area contributed by atoms with E-state index in [-0.39, 0.29) is 17.2 Å². The Morgan fingerprint density at radius 2 is 2.17 bits per heavy atom. The lowest BCUT2D eigenvalue weighted by atomic mass is 10.1. The molecule has 0 radical (unpaired) electrons. The number of hydrogen-bond acceptors (Lipinski definition) is 5. The third-order valence-electron chi connectivity index (χ3n) is 2.66. The number of pyridine rings is 1. The van der Waals surface area contributed by atoms with E-state index in [2.05, 4.69) is 9.72 Å². The van der Waals surface area contributed by atoms with Gasteiger partial charge < -0.3 is 14.8 Å². The first-order valence-corrected chi connectivity index (χ1v) is 6.24. The van der Waals surface area contributed by atoms with Gasteiger partial charge in [-0.2, -0.15) is 0 Å². The van der Waals surface area contributed by atoms with Crippen molar-refractivity contribution in [3.05, 3.63) is 26.9 Å². The molecule has 2 N–H and O–H groups in total. The first kappa shape index (κ1) is 12.6. The molecule has 18 heavy (non-hydrogen) atoms. The summed E-state index contributed by atoms with van der Waals surface area (Å²) in [5.41, 5.74) is -0.984. The molecule has 0 aromatic carbocycles. The van der Waals surface area contributed by atoms with Crippen molar-refractivity contribution in [1.29, 1.82) is 0 Å². The molecule has 0 aliphatic heterocycles. The smallest absolute Gasteiger partial charge is 0.347 e. The molecule has 0 amide bonds. The van der Waals surface area contributed by atoms with Gasteiger partial charge in [-0.25, -0.2) is 4.79 Å². The van der Waals surface area contributed by atoms with E-state index in [1.54, 1.807) is 6.07 Å². The van der Waals surface area contributed by atoms with Crippen LogP contribution in [0.15, 0.2) is 10.9 Å². The van der Waals surface area contributed by atoms with Gasteiger partial charge in [-0.05, 0) is 12.0 Å². The third-order valence-corrected chi connectivity index (χ3v) is 4.01. The number of thiophene rings is 1. The normalized spacial score (nSPS) is 11.1. The molecule has 0 aliphatic carbocycles. The molecular weight excluding hydrogens is 254 g/mol. The average molecular weight is 267 g/mol. The molecule has 0 atom stereocenters. The Morgan fingerprint density at radius 3 is 2.72 bits per heavy atom. The summed E-state index contributed by atoms with van der Waals surface area (Å²) in [4.78, 5) is 27.3. The summed E-state index contributed by atoms with van der Waals surface area (Å²) in [7, 11) is 1.17. The Labute approximate surface area is 107 Å². The summed E-state index contributed by atoms with van der Waals surface area (Å²) in [5.74, 6) is -0.872. The van der Waals surface area contributed by atoms with Gasteiger partial charge in [0.15, 0.2) is 5.56 Å². The molecule has 96 valence electrons. The average Bonchev–Trinajstić information content (AvgIpc) is 2.72. The van der Waals surface area contributed by atoms with E-state index in [9.17, 15) is 14.7 Å². The number of fused-ring (bicyclic) bond motifs is 1. The molecule has 2 aromatic heterocycles. The van der Waals surface area contributed by atoms with Gasteiger partial charge >= 0.3 is 5.97 Å². The summed E-state index contributed by atoms with van der Waals surface area (Å²) in [6.07, 6.45) is 0. The van der Waals surface area contributed by atoms with E-state index in [1.165, 1.54) is 18.4 Å². The monoisotopic (exact) mass is 267 g/mol. The van der Waals surface area contributed by atoms with E-state index in [1.807, 2.05) is 13.8 Å². The number of nitrogens with one attached hydrogen (secondary N) is 1. The summed E-state index contributed by atoms with van der Waals surface area (Å²) < 4.78 is 4.49. The molecule has 6 heteroatoms. The maximum Gasteiger partial charge on any atom is 0.347 e. The number of methoxy groups -OCH3 is 1. The second-order valence-electron chi connectivity index (χ2n) is 4.22. The summed E-state index contributed by atoms with van der Waals surface area (Å²) >= 11 is 1.39. The van der Waals surface area contributed by atoms with Crippen molar-refractivity contribution >= 4 is 27.5 Å². The van der Waals surface area contributed by atoms with Crippen molar-refractivity contribution in [2.24, 2.45) is 0 Å². The van der Waals surface area contributed by atoms with Gasteiger partial charge in [-0.15, -0.1) is 11.3 Å². The molecule has 0 bridgehead atoms. The fraction of sp³-hybridized carbons (Fsp3) is 0.333. The van der Waals surface area contributed by atoms with Crippen LogP contribution in [-0.4, -0.2) is 23.2 Å². The molecule has 2 aromatic rings. The standard InChI is InChI=1S/C12H13NO4S/c1-5(2)7-4-6-9(14)8(12(16)17-3)10(15)13-11(6)18-7/h4-5H,1-3H3,(H2,13,14,15). The number of ether oxygens (including phenoxy) is 1. The second-order valence-corrected chi connectivity index (χ2v) is 5.30. The molecule has 2 rings (SSSR count). The van der Waals surface area contributed by atoms with E-state index in [0.717, 1.165) is 4.88 Å². The van der Waals surface area contributed by atoms with Gasteiger partial charge in [0.2, 0.25) is 0 Å². The fourth-order valence-corrected chi connectivity index (χ4v) is 2.72. The number of aromatic hydroxyl groups is 1. The highest BCUT2D eigenvalue weighted by atomic mass is 32.1. The van der Waals surface area contributed by atoms with Crippen molar-refractivity contribution in [2.75, 3.05) is 7.11 Å². The van der Waals surface area contributed by atoms with Crippen LogP contribution in [0.4, 0.5) is 0 Å². The first-order chi connectivity index (χ1) is 8.45. The molecule has 0 spiro atoms. The maximum atomic E-state index is 11.7. The molecule has 0 fully saturated rings. The molecular formula is C12H13NO4S. The van der Waals surface area contributed by atoms with Crippen LogP contribution in [0.5, 0.6) is 5.75 Å². The highest BCUT2D eigenvalue weighted by Crippen LogP contribution is 2.34. The number of aromatic nitrogens is 1. The Balaban J connectivity index is 2.77. The zero-order chi connectivity index (χ0) is 13.4. The van der Waals surface area contributed by atoms with Crippen LogP contribution in [0.3, 0.4) is 0 Å². The van der Waals surface area contributed by atoms with Crippen molar-refractivity contribution in [3.63, 3.8) is 0 Å². The van der Waals surface area contributed by atoms with Crippen molar-refractivity contribution in [3.8, 4) is 5.75 Å². The van der Waals surface area contributed by atoms with Gasteiger partial charge in [0.1, 0.15) is 10.6 Å². The fourth-order valence-electron chi connectivity index (χ4n) is 1.66. The van der Waals surface area contributed by atoms with Crippen molar-refractivity contribution < 1.29 is 14.6 Å². The predicted octanol–water partition coefficient (Wildman–Crippen LogP) is 2.21. The zero-order valence-electron chi connectivity index (χ0n) is 10.2. The number of rotatable bonds is 2. The molecule has 0 saturated heterocycles. The Hall–Kier alpha value is -1.82. The number of H-pyrrole nitrogens is 1.